The first kappa shape index (κ1) is 14.7. The summed E-state index contributed by atoms with van der Waals surface area (Å²) in [4.78, 5) is 14.3. The molecule has 0 spiro atoms. The molecule has 1 saturated heterocycles. The van der Waals surface area contributed by atoms with Gasteiger partial charge in [0.1, 0.15) is 4.32 Å². The average molecular weight is 304 g/mol. The van der Waals surface area contributed by atoms with Gasteiger partial charge in [-0.05, 0) is 23.8 Å². The number of benzene rings is 1. The number of ether oxygens (including phenoxy) is 1. The molecule has 1 heterocycles. The number of carbonyl (C=O) groups excluding carboxylic acids is 1. The topological polar surface area (TPSA) is 53.3 Å². The molecule has 1 amide bonds. The fourth-order valence-electron chi connectivity index (χ4n) is 1.68. The molecule has 0 bridgehead atoms. The lowest BCUT2D eigenvalue weighted by Crippen LogP contribution is -2.31. The molecule has 1 fully saturated rings. The van der Waals surface area contributed by atoms with E-state index in [0.29, 0.717) is 27.9 Å². The van der Waals surface area contributed by atoms with Gasteiger partial charge in [-0.15, -0.1) is 0 Å². The summed E-state index contributed by atoms with van der Waals surface area (Å²) >= 11 is 6.48. The number of thiocarbonyl (C=S) groups is 1. The van der Waals surface area contributed by atoms with Gasteiger partial charge >= 0.3 is 0 Å². The van der Waals surface area contributed by atoms with Crippen molar-refractivity contribution in [3.8, 4) is 6.07 Å². The minimum Gasteiger partial charge on any atom is -0.383 e. The van der Waals surface area contributed by atoms with E-state index < -0.39 is 0 Å². The van der Waals surface area contributed by atoms with Crippen molar-refractivity contribution in [1.29, 1.82) is 5.26 Å². The lowest BCUT2D eigenvalue weighted by atomic mass is 10.1. The number of methoxy groups -OCH3 is 1. The summed E-state index contributed by atoms with van der Waals surface area (Å²) < 4.78 is 5.51. The molecule has 6 heteroatoms. The highest BCUT2D eigenvalue weighted by atomic mass is 32.2. The van der Waals surface area contributed by atoms with Gasteiger partial charge in [0.25, 0.3) is 5.91 Å². The number of thioether (sulfide) groups is 1. The number of hydrogen-bond acceptors (Lipinski definition) is 5. The third-order valence-corrected chi connectivity index (χ3v) is 4.11. The lowest BCUT2D eigenvalue weighted by molar-refractivity contribution is -0.122. The van der Waals surface area contributed by atoms with Gasteiger partial charge in [0.2, 0.25) is 0 Å². The first-order valence-electron chi connectivity index (χ1n) is 5.90. The molecule has 0 N–H and O–H groups in total. The second kappa shape index (κ2) is 6.66. The minimum atomic E-state index is -0.0959. The SMILES string of the molecule is COCCN1C(=O)/C(=C/c2ccc(C#N)cc2)SC1=S. The van der Waals surface area contributed by atoms with Gasteiger partial charge in [-0.1, -0.05) is 36.1 Å². The summed E-state index contributed by atoms with van der Waals surface area (Å²) in [6.07, 6.45) is 1.78. The number of rotatable bonds is 4. The molecule has 20 heavy (non-hydrogen) atoms. The van der Waals surface area contributed by atoms with Crippen molar-refractivity contribution < 1.29 is 9.53 Å². The molecule has 4 nitrogen and oxygen atoms in total. The van der Waals surface area contributed by atoms with Gasteiger partial charge in [-0.2, -0.15) is 5.26 Å². The van der Waals surface area contributed by atoms with Crippen LogP contribution in [0.15, 0.2) is 29.2 Å². The highest BCUT2D eigenvalue weighted by Gasteiger charge is 2.31. The smallest absolute Gasteiger partial charge is 0.266 e. The Bertz CT molecular complexity index is 603. The number of carbonyl (C=O) groups is 1. The normalized spacial score (nSPS) is 16.8. The van der Waals surface area contributed by atoms with Crippen LogP contribution in [-0.4, -0.2) is 35.4 Å². The van der Waals surface area contributed by atoms with Crippen LogP contribution in [0.25, 0.3) is 6.08 Å². The molecule has 0 saturated carbocycles. The van der Waals surface area contributed by atoms with Crippen molar-refractivity contribution in [1.82, 2.24) is 4.90 Å². The Labute approximate surface area is 127 Å². The first-order valence-corrected chi connectivity index (χ1v) is 7.12. The van der Waals surface area contributed by atoms with Crippen molar-refractivity contribution in [2.75, 3.05) is 20.3 Å². The van der Waals surface area contributed by atoms with Gasteiger partial charge in [-0.3, -0.25) is 9.69 Å². The summed E-state index contributed by atoms with van der Waals surface area (Å²) in [5, 5.41) is 8.75. The molecule has 102 valence electrons. The monoisotopic (exact) mass is 304 g/mol. The first-order chi connectivity index (χ1) is 9.65. The number of amides is 1. The van der Waals surface area contributed by atoms with E-state index in [-0.39, 0.29) is 5.91 Å². The zero-order chi connectivity index (χ0) is 14.5. The standard InChI is InChI=1S/C14H12N2O2S2/c1-18-7-6-16-13(17)12(20-14(16)19)8-10-2-4-11(9-15)5-3-10/h2-5,8H,6-7H2,1H3/b12-8-. The van der Waals surface area contributed by atoms with E-state index in [4.69, 9.17) is 22.2 Å². The van der Waals surface area contributed by atoms with E-state index in [1.807, 2.05) is 0 Å². The molecular formula is C14H12N2O2S2. The second-order valence-corrected chi connectivity index (χ2v) is 5.74. The Balaban J connectivity index is 2.16. The lowest BCUT2D eigenvalue weighted by Gasteiger charge is -2.12. The molecule has 0 aromatic heterocycles. The van der Waals surface area contributed by atoms with Crippen molar-refractivity contribution in [3.05, 3.63) is 40.3 Å². The molecule has 1 aromatic carbocycles. The van der Waals surface area contributed by atoms with Crippen LogP contribution in [-0.2, 0) is 9.53 Å². The Kier molecular flexibility index (Phi) is 4.90. The van der Waals surface area contributed by atoms with Crippen LogP contribution in [0.1, 0.15) is 11.1 Å². The van der Waals surface area contributed by atoms with Gasteiger partial charge in [0, 0.05) is 7.11 Å². The fraction of sp³-hybridized carbons (Fsp3) is 0.214. The minimum absolute atomic E-state index is 0.0959. The van der Waals surface area contributed by atoms with Crippen LogP contribution in [0.5, 0.6) is 0 Å². The molecule has 1 aliphatic heterocycles. The zero-order valence-corrected chi connectivity index (χ0v) is 12.5. The Morgan fingerprint density at radius 2 is 2.15 bits per heavy atom. The maximum absolute atomic E-state index is 12.2. The van der Waals surface area contributed by atoms with Crippen LogP contribution in [0.3, 0.4) is 0 Å². The van der Waals surface area contributed by atoms with E-state index in [1.165, 1.54) is 11.8 Å². The van der Waals surface area contributed by atoms with Gasteiger partial charge in [0.15, 0.2) is 0 Å². The van der Waals surface area contributed by atoms with Crippen molar-refractivity contribution in [2.24, 2.45) is 0 Å². The van der Waals surface area contributed by atoms with Crippen LogP contribution in [0, 0.1) is 11.3 Å². The summed E-state index contributed by atoms with van der Waals surface area (Å²) in [6, 6.07) is 9.11. The predicted molar refractivity (Wildman–Crippen MR) is 82.9 cm³/mol. The number of nitriles is 1. The molecule has 2 rings (SSSR count). The Morgan fingerprint density at radius 3 is 2.75 bits per heavy atom. The van der Waals surface area contributed by atoms with Crippen molar-refractivity contribution in [3.63, 3.8) is 0 Å². The molecule has 0 aliphatic carbocycles. The van der Waals surface area contributed by atoms with Crippen LogP contribution in [0.4, 0.5) is 0 Å². The maximum atomic E-state index is 12.2. The number of hydrogen-bond donors (Lipinski definition) is 0. The fourth-order valence-corrected chi connectivity index (χ4v) is 2.99. The average Bonchev–Trinajstić information content (AvgIpc) is 2.72. The van der Waals surface area contributed by atoms with Gasteiger partial charge < -0.3 is 4.74 Å². The largest absolute Gasteiger partial charge is 0.383 e. The molecule has 1 aliphatic rings. The summed E-state index contributed by atoms with van der Waals surface area (Å²) in [5.41, 5.74) is 1.46. The Morgan fingerprint density at radius 1 is 1.45 bits per heavy atom. The molecular weight excluding hydrogens is 292 g/mol. The predicted octanol–water partition coefficient (Wildman–Crippen LogP) is 2.41. The van der Waals surface area contributed by atoms with E-state index in [0.717, 1.165) is 5.56 Å². The molecule has 0 atom stereocenters. The summed E-state index contributed by atoms with van der Waals surface area (Å²) in [6.45, 7) is 0.919. The quantitative estimate of drug-likeness (QED) is 0.631. The van der Waals surface area contributed by atoms with E-state index in [1.54, 1.807) is 42.4 Å². The van der Waals surface area contributed by atoms with Crippen molar-refractivity contribution >= 4 is 40.3 Å². The highest BCUT2D eigenvalue weighted by molar-refractivity contribution is 8.26. The van der Waals surface area contributed by atoms with E-state index in [2.05, 4.69) is 6.07 Å². The molecule has 1 aromatic rings. The third kappa shape index (κ3) is 3.25. The van der Waals surface area contributed by atoms with E-state index in [9.17, 15) is 4.79 Å². The van der Waals surface area contributed by atoms with Crippen LogP contribution < -0.4 is 0 Å². The van der Waals surface area contributed by atoms with Crippen LogP contribution >= 0.6 is 24.0 Å². The molecule has 0 unspecified atom stereocenters. The highest BCUT2D eigenvalue weighted by Crippen LogP contribution is 2.32. The second-order valence-electron chi connectivity index (χ2n) is 4.06. The van der Waals surface area contributed by atoms with Crippen molar-refractivity contribution in [2.45, 2.75) is 0 Å². The Hall–Kier alpha value is -1.68. The third-order valence-electron chi connectivity index (χ3n) is 2.73. The maximum Gasteiger partial charge on any atom is 0.266 e. The van der Waals surface area contributed by atoms with Gasteiger partial charge in [0.05, 0.1) is 29.7 Å². The van der Waals surface area contributed by atoms with E-state index >= 15 is 0 Å². The van der Waals surface area contributed by atoms with Gasteiger partial charge in [-0.25, -0.2) is 0 Å². The summed E-state index contributed by atoms with van der Waals surface area (Å²) in [5.74, 6) is -0.0959. The van der Waals surface area contributed by atoms with Crippen LogP contribution in [0.2, 0.25) is 0 Å². The number of nitrogens with zero attached hydrogens (tertiary/aromatic N) is 2. The zero-order valence-electron chi connectivity index (χ0n) is 10.8. The summed E-state index contributed by atoms with van der Waals surface area (Å²) in [7, 11) is 1.59. The molecule has 0 radical (unpaired) electrons.